The lowest BCUT2D eigenvalue weighted by Gasteiger charge is -2.37. The zero-order valence-electron chi connectivity index (χ0n) is 16.3. The average molecular weight is 423 g/mol. The van der Waals surface area contributed by atoms with Crippen LogP contribution >= 0.6 is 11.8 Å². The first-order valence-corrected chi connectivity index (χ1v) is 10.5. The number of imide groups is 1. The summed E-state index contributed by atoms with van der Waals surface area (Å²) < 4.78 is 0. The normalized spacial score (nSPS) is 18.1. The molecule has 0 aliphatic carbocycles. The molecule has 2 aromatic rings. The number of carbonyl (C=O) groups excluding carboxylic acids is 3. The second-order valence-electron chi connectivity index (χ2n) is 7.09. The SMILES string of the molecule is NCc1cccc(C(=O)N2CCN(c3ccccc3C=C3SC(=O)NC3=O)CC2)c1. The van der Waals surface area contributed by atoms with Crippen LogP contribution in [0.4, 0.5) is 10.5 Å². The number of nitrogens with two attached hydrogens (primary N) is 1. The van der Waals surface area contributed by atoms with Gasteiger partial charge >= 0.3 is 0 Å². The van der Waals surface area contributed by atoms with Gasteiger partial charge in [0.05, 0.1) is 4.91 Å². The fraction of sp³-hybridized carbons (Fsp3) is 0.227. The first-order valence-electron chi connectivity index (χ1n) is 9.72. The van der Waals surface area contributed by atoms with Crippen LogP contribution in [0.25, 0.3) is 6.08 Å². The van der Waals surface area contributed by atoms with Gasteiger partial charge in [0.25, 0.3) is 17.1 Å². The Hall–Kier alpha value is -3.10. The third kappa shape index (κ3) is 4.24. The molecule has 2 aromatic carbocycles. The van der Waals surface area contributed by atoms with Gasteiger partial charge in [-0.2, -0.15) is 0 Å². The summed E-state index contributed by atoms with van der Waals surface area (Å²) in [6.07, 6.45) is 1.75. The predicted molar refractivity (Wildman–Crippen MR) is 118 cm³/mol. The monoisotopic (exact) mass is 422 g/mol. The Morgan fingerprint density at radius 3 is 2.53 bits per heavy atom. The van der Waals surface area contributed by atoms with Gasteiger partial charge in [-0.05, 0) is 47.2 Å². The first-order chi connectivity index (χ1) is 14.5. The molecule has 7 nitrogen and oxygen atoms in total. The number of nitrogens with one attached hydrogen (secondary N) is 1. The largest absolute Gasteiger partial charge is 0.367 e. The minimum absolute atomic E-state index is 0.0119. The fourth-order valence-electron chi connectivity index (χ4n) is 3.62. The quantitative estimate of drug-likeness (QED) is 0.735. The highest BCUT2D eigenvalue weighted by Gasteiger charge is 2.27. The Kier molecular flexibility index (Phi) is 5.87. The van der Waals surface area contributed by atoms with E-state index in [1.165, 1.54) is 0 Å². The van der Waals surface area contributed by atoms with E-state index in [4.69, 9.17) is 5.73 Å². The van der Waals surface area contributed by atoms with Crippen LogP contribution in [0.2, 0.25) is 0 Å². The van der Waals surface area contributed by atoms with Crippen molar-refractivity contribution in [1.82, 2.24) is 10.2 Å². The summed E-state index contributed by atoms with van der Waals surface area (Å²) in [4.78, 5) is 40.6. The number of rotatable bonds is 4. The van der Waals surface area contributed by atoms with Crippen molar-refractivity contribution in [3.8, 4) is 0 Å². The van der Waals surface area contributed by atoms with Crippen LogP contribution in [0.15, 0.2) is 53.4 Å². The van der Waals surface area contributed by atoms with Gasteiger partial charge in [0.1, 0.15) is 0 Å². The van der Waals surface area contributed by atoms with Gasteiger partial charge in [0.15, 0.2) is 0 Å². The maximum atomic E-state index is 12.9. The van der Waals surface area contributed by atoms with Crippen LogP contribution in [0.5, 0.6) is 0 Å². The lowest BCUT2D eigenvalue weighted by molar-refractivity contribution is -0.115. The second-order valence-corrected chi connectivity index (χ2v) is 8.11. The number of benzene rings is 2. The van der Waals surface area contributed by atoms with E-state index in [2.05, 4.69) is 10.2 Å². The van der Waals surface area contributed by atoms with Gasteiger partial charge in [-0.25, -0.2) is 0 Å². The molecule has 3 N–H and O–H groups in total. The fourth-order valence-corrected chi connectivity index (χ4v) is 4.30. The molecule has 4 rings (SSSR count). The molecule has 0 bridgehead atoms. The molecule has 2 fully saturated rings. The summed E-state index contributed by atoms with van der Waals surface area (Å²) >= 11 is 0.910. The smallest absolute Gasteiger partial charge is 0.290 e. The van der Waals surface area contributed by atoms with Crippen molar-refractivity contribution in [3.05, 3.63) is 70.1 Å². The van der Waals surface area contributed by atoms with E-state index in [9.17, 15) is 14.4 Å². The number of hydrogen-bond donors (Lipinski definition) is 2. The van der Waals surface area contributed by atoms with E-state index in [0.29, 0.717) is 43.2 Å². The van der Waals surface area contributed by atoms with E-state index >= 15 is 0 Å². The molecule has 154 valence electrons. The number of anilines is 1. The van der Waals surface area contributed by atoms with E-state index in [1.807, 2.05) is 53.4 Å². The molecule has 0 aromatic heterocycles. The Morgan fingerprint density at radius 1 is 1.07 bits per heavy atom. The first kappa shape index (κ1) is 20.2. The zero-order chi connectivity index (χ0) is 21.1. The van der Waals surface area contributed by atoms with Gasteiger partial charge in [-0.1, -0.05) is 30.3 Å². The van der Waals surface area contributed by atoms with E-state index in [1.54, 1.807) is 6.08 Å². The predicted octanol–water partition coefficient (Wildman–Crippen LogP) is 2.43. The lowest BCUT2D eigenvalue weighted by Crippen LogP contribution is -2.49. The highest BCUT2D eigenvalue weighted by atomic mass is 32.2. The van der Waals surface area contributed by atoms with E-state index in [0.717, 1.165) is 28.6 Å². The van der Waals surface area contributed by atoms with Crippen LogP contribution in [0.3, 0.4) is 0 Å². The Morgan fingerprint density at radius 2 is 1.83 bits per heavy atom. The number of carbonyl (C=O) groups is 3. The topological polar surface area (TPSA) is 95.7 Å². The van der Waals surface area contributed by atoms with Crippen LogP contribution in [0.1, 0.15) is 21.5 Å². The highest BCUT2D eigenvalue weighted by Crippen LogP contribution is 2.30. The third-order valence-electron chi connectivity index (χ3n) is 5.18. The van der Waals surface area contributed by atoms with Crippen LogP contribution < -0.4 is 16.0 Å². The minimum atomic E-state index is -0.366. The number of para-hydroxylation sites is 1. The summed E-state index contributed by atoms with van der Waals surface area (Å²) in [5.41, 5.74) is 9.14. The maximum Gasteiger partial charge on any atom is 0.290 e. The summed E-state index contributed by atoms with van der Waals surface area (Å²) in [5.74, 6) is -0.354. The van der Waals surface area contributed by atoms with E-state index in [-0.39, 0.29) is 17.1 Å². The molecule has 0 spiro atoms. The third-order valence-corrected chi connectivity index (χ3v) is 5.99. The van der Waals surface area contributed by atoms with Gasteiger partial charge < -0.3 is 15.5 Å². The van der Waals surface area contributed by atoms with Crippen molar-refractivity contribution >= 4 is 40.6 Å². The number of piperazine rings is 1. The molecule has 2 aliphatic rings. The summed E-state index contributed by atoms with van der Waals surface area (Å²) in [7, 11) is 0. The van der Waals surface area contributed by atoms with Crippen LogP contribution in [0, 0.1) is 0 Å². The molecule has 2 saturated heterocycles. The summed E-state index contributed by atoms with van der Waals surface area (Å²) in [6.45, 7) is 2.97. The molecule has 8 heteroatoms. The molecular formula is C22H22N4O3S. The Balaban J connectivity index is 1.47. The standard InChI is InChI=1S/C22H22N4O3S/c23-14-15-4-3-6-17(12-15)21(28)26-10-8-25(9-11-26)18-7-2-1-5-16(18)13-19-20(27)24-22(29)30-19/h1-7,12-13H,8-11,14,23H2,(H,24,27,29). The Labute approximate surface area is 178 Å². The van der Waals surface area contributed by atoms with Crippen molar-refractivity contribution in [2.24, 2.45) is 5.73 Å². The van der Waals surface area contributed by atoms with Crippen molar-refractivity contribution in [2.75, 3.05) is 31.1 Å². The van der Waals surface area contributed by atoms with Crippen LogP contribution in [-0.4, -0.2) is 48.1 Å². The second kappa shape index (κ2) is 8.73. The average Bonchev–Trinajstić information content (AvgIpc) is 3.10. The molecule has 0 radical (unpaired) electrons. The molecule has 3 amide bonds. The molecule has 30 heavy (non-hydrogen) atoms. The molecule has 0 unspecified atom stereocenters. The maximum absolute atomic E-state index is 12.9. The van der Waals surface area contributed by atoms with Crippen molar-refractivity contribution < 1.29 is 14.4 Å². The zero-order valence-corrected chi connectivity index (χ0v) is 17.2. The molecule has 0 atom stereocenters. The molecule has 2 aliphatic heterocycles. The molecule has 2 heterocycles. The van der Waals surface area contributed by atoms with Gasteiger partial charge in [-0.15, -0.1) is 0 Å². The van der Waals surface area contributed by atoms with Gasteiger partial charge in [0.2, 0.25) is 0 Å². The number of thioether (sulfide) groups is 1. The minimum Gasteiger partial charge on any atom is -0.367 e. The summed E-state index contributed by atoms with van der Waals surface area (Å²) in [5, 5.41) is 1.93. The van der Waals surface area contributed by atoms with Crippen molar-refractivity contribution in [3.63, 3.8) is 0 Å². The van der Waals surface area contributed by atoms with Crippen molar-refractivity contribution in [1.29, 1.82) is 0 Å². The van der Waals surface area contributed by atoms with Gasteiger partial charge in [-0.3, -0.25) is 19.7 Å². The number of nitrogens with zero attached hydrogens (tertiary/aromatic N) is 2. The number of hydrogen-bond acceptors (Lipinski definition) is 6. The van der Waals surface area contributed by atoms with E-state index < -0.39 is 0 Å². The highest BCUT2D eigenvalue weighted by molar-refractivity contribution is 8.18. The number of amides is 3. The van der Waals surface area contributed by atoms with Gasteiger partial charge in [0, 0.05) is 44.0 Å². The molecular weight excluding hydrogens is 400 g/mol. The van der Waals surface area contributed by atoms with Crippen LogP contribution in [-0.2, 0) is 11.3 Å². The van der Waals surface area contributed by atoms with Crippen molar-refractivity contribution in [2.45, 2.75) is 6.54 Å². The lowest BCUT2D eigenvalue weighted by atomic mass is 10.1. The Bertz CT molecular complexity index is 1030. The molecule has 0 saturated carbocycles. The summed E-state index contributed by atoms with van der Waals surface area (Å²) in [6, 6.07) is 15.2.